The minimum Gasteiger partial charge on any atom is -0.480 e. The summed E-state index contributed by atoms with van der Waals surface area (Å²) in [5.41, 5.74) is 0.739. The topological polar surface area (TPSA) is 93.4 Å². The van der Waals surface area contributed by atoms with Gasteiger partial charge in [0.15, 0.2) is 6.04 Å². The molecule has 3 N–H and O–H groups in total. The number of hydrogen-bond donors (Lipinski definition) is 3. The first-order valence-electron chi connectivity index (χ1n) is 4.82. The molecule has 5 nitrogen and oxygen atoms in total. The highest BCUT2D eigenvalue weighted by Gasteiger charge is 2.22. The van der Waals surface area contributed by atoms with Gasteiger partial charge in [0.25, 0.3) is 0 Å². The van der Waals surface area contributed by atoms with Gasteiger partial charge in [0.2, 0.25) is 0 Å². The molecular formula is C11H11ClN2O3. The summed E-state index contributed by atoms with van der Waals surface area (Å²) in [5.74, 6) is -1.17. The molecule has 1 aromatic carbocycles. The fourth-order valence-corrected chi connectivity index (χ4v) is 1.49. The van der Waals surface area contributed by atoms with Crippen molar-refractivity contribution in [1.82, 2.24) is 0 Å². The van der Waals surface area contributed by atoms with Gasteiger partial charge in [0, 0.05) is 5.69 Å². The molecule has 90 valence electrons. The van der Waals surface area contributed by atoms with E-state index in [1.54, 1.807) is 0 Å². The molecule has 0 aliphatic rings. The second-order valence-corrected chi connectivity index (χ2v) is 3.91. The number of rotatable bonds is 4. The Morgan fingerprint density at radius 3 is 2.65 bits per heavy atom. The van der Waals surface area contributed by atoms with Gasteiger partial charge in [-0.3, -0.25) is 0 Å². The normalized spacial score (nSPS) is 13.5. The summed E-state index contributed by atoms with van der Waals surface area (Å²) in [7, 11) is 0. The number of nitrogens with one attached hydrogen (secondary N) is 1. The molecule has 0 spiro atoms. The SMILES string of the molecule is C[C@@H](O)[C@@H](Nc1ccc(C#N)c(Cl)c1)C(=O)O. The Balaban J connectivity index is 2.92. The molecule has 0 amide bonds. The molecule has 0 aromatic heterocycles. The number of nitriles is 1. The Morgan fingerprint density at radius 1 is 1.59 bits per heavy atom. The average molecular weight is 255 g/mol. The van der Waals surface area contributed by atoms with E-state index >= 15 is 0 Å². The molecule has 17 heavy (non-hydrogen) atoms. The van der Waals surface area contributed by atoms with Gasteiger partial charge in [-0.15, -0.1) is 0 Å². The molecule has 6 heteroatoms. The predicted octanol–water partition coefficient (Wildman–Crippen LogP) is 1.46. The predicted molar refractivity (Wildman–Crippen MR) is 62.9 cm³/mol. The number of aliphatic hydroxyl groups excluding tert-OH is 1. The zero-order valence-electron chi connectivity index (χ0n) is 9.01. The average Bonchev–Trinajstić information content (AvgIpc) is 2.25. The van der Waals surface area contributed by atoms with E-state index < -0.39 is 18.1 Å². The third-order valence-electron chi connectivity index (χ3n) is 2.16. The van der Waals surface area contributed by atoms with Crippen LogP contribution in [-0.2, 0) is 4.79 Å². The maximum atomic E-state index is 10.8. The summed E-state index contributed by atoms with van der Waals surface area (Å²) in [6.07, 6.45) is -1.05. The van der Waals surface area contributed by atoms with Crippen molar-refractivity contribution < 1.29 is 15.0 Å². The summed E-state index contributed by atoms with van der Waals surface area (Å²) in [4.78, 5) is 10.8. The Bertz CT molecular complexity index is 468. The van der Waals surface area contributed by atoms with Crippen molar-refractivity contribution in [3.63, 3.8) is 0 Å². The van der Waals surface area contributed by atoms with Crippen LogP contribution >= 0.6 is 11.6 Å². The van der Waals surface area contributed by atoms with Crippen LogP contribution in [0.5, 0.6) is 0 Å². The number of anilines is 1. The number of carboxylic acid groups (broad SMARTS) is 1. The molecule has 0 unspecified atom stereocenters. The van der Waals surface area contributed by atoms with Crippen molar-refractivity contribution >= 4 is 23.3 Å². The molecule has 0 aliphatic carbocycles. The zero-order valence-corrected chi connectivity index (χ0v) is 9.77. The van der Waals surface area contributed by atoms with E-state index in [4.69, 9.17) is 22.0 Å². The van der Waals surface area contributed by atoms with E-state index in [2.05, 4.69) is 5.32 Å². The lowest BCUT2D eigenvalue weighted by atomic mass is 10.1. The van der Waals surface area contributed by atoms with Gasteiger partial charge in [-0.05, 0) is 25.1 Å². The fraction of sp³-hybridized carbons (Fsp3) is 0.273. The van der Waals surface area contributed by atoms with Crippen LogP contribution in [0.2, 0.25) is 5.02 Å². The van der Waals surface area contributed by atoms with Crippen LogP contribution in [0.25, 0.3) is 0 Å². The summed E-state index contributed by atoms with van der Waals surface area (Å²) >= 11 is 5.80. The number of halogens is 1. The molecule has 0 saturated carbocycles. The Hall–Kier alpha value is -1.77. The van der Waals surface area contributed by atoms with Crippen molar-refractivity contribution in [1.29, 1.82) is 5.26 Å². The molecule has 0 aliphatic heterocycles. The number of benzene rings is 1. The van der Waals surface area contributed by atoms with E-state index in [0.717, 1.165) is 0 Å². The van der Waals surface area contributed by atoms with Crippen LogP contribution in [0.4, 0.5) is 5.69 Å². The van der Waals surface area contributed by atoms with Crippen molar-refractivity contribution in [2.45, 2.75) is 19.1 Å². The monoisotopic (exact) mass is 254 g/mol. The minimum absolute atomic E-state index is 0.229. The van der Waals surface area contributed by atoms with E-state index in [-0.39, 0.29) is 5.02 Å². The van der Waals surface area contributed by atoms with Gasteiger partial charge in [-0.1, -0.05) is 11.6 Å². The van der Waals surface area contributed by atoms with Crippen molar-refractivity contribution in [3.8, 4) is 6.07 Å². The third-order valence-corrected chi connectivity index (χ3v) is 2.47. The van der Waals surface area contributed by atoms with E-state index in [9.17, 15) is 9.90 Å². The lowest BCUT2D eigenvalue weighted by Crippen LogP contribution is -2.38. The third kappa shape index (κ3) is 3.34. The highest BCUT2D eigenvalue weighted by atomic mass is 35.5. The lowest BCUT2D eigenvalue weighted by molar-refractivity contribution is -0.140. The second-order valence-electron chi connectivity index (χ2n) is 3.51. The molecule has 2 atom stereocenters. The molecule has 0 saturated heterocycles. The van der Waals surface area contributed by atoms with Crippen LogP contribution in [0.1, 0.15) is 12.5 Å². The minimum atomic E-state index is -1.17. The Labute approximate surface area is 103 Å². The fourth-order valence-electron chi connectivity index (χ4n) is 1.26. The van der Waals surface area contributed by atoms with Gasteiger partial charge in [0.05, 0.1) is 16.7 Å². The summed E-state index contributed by atoms with van der Waals surface area (Å²) < 4.78 is 0. The van der Waals surface area contributed by atoms with Crippen LogP contribution in [0.15, 0.2) is 18.2 Å². The summed E-state index contributed by atoms with van der Waals surface area (Å²) in [6, 6.07) is 5.22. The molecule has 0 fully saturated rings. The van der Waals surface area contributed by atoms with E-state index in [1.165, 1.54) is 25.1 Å². The van der Waals surface area contributed by atoms with Gasteiger partial charge in [0.1, 0.15) is 6.07 Å². The van der Waals surface area contributed by atoms with Crippen LogP contribution in [-0.4, -0.2) is 28.3 Å². The number of aliphatic carboxylic acids is 1. The van der Waals surface area contributed by atoms with Crippen molar-refractivity contribution in [2.24, 2.45) is 0 Å². The largest absolute Gasteiger partial charge is 0.480 e. The van der Waals surface area contributed by atoms with Crippen LogP contribution in [0, 0.1) is 11.3 Å². The first-order valence-corrected chi connectivity index (χ1v) is 5.20. The Kier molecular flexibility index (Phi) is 4.32. The van der Waals surface area contributed by atoms with Crippen LogP contribution < -0.4 is 5.32 Å². The highest BCUT2D eigenvalue weighted by Crippen LogP contribution is 2.21. The standard InChI is InChI=1S/C11H11ClN2O3/c1-6(15)10(11(16)17)14-8-3-2-7(5-13)9(12)4-8/h2-4,6,10,14-15H,1H3,(H,16,17)/t6-,10-/m1/s1. The molecule has 0 radical (unpaired) electrons. The maximum absolute atomic E-state index is 10.8. The highest BCUT2D eigenvalue weighted by molar-refractivity contribution is 6.32. The zero-order chi connectivity index (χ0) is 13.0. The number of aliphatic hydroxyl groups is 1. The first kappa shape index (κ1) is 13.3. The van der Waals surface area contributed by atoms with Gasteiger partial charge < -0.3 is 15.5 Å². The van der Waals surface area contributed by atoms with Crippen molar-refractivity contribution in [2.75, 3.05) is 5.32 Å². The number of nitrogens with zero attached hydrogens (tertiary/aromatic N) is 1. The smallest absolute Gasteiger partial charge is 0.328 e. The molecule has 0 bridgehead atoms. The maximum Gasteiger partial charge on any atom is 0.328 e. The van der Waals surface area contributed by atoms with Gasteiger partial charge in [-0.25, -0.2) is 4.79 Å². The molecular weight excluding hydrogens is 244 g/mol. The van der Waals surface area contributed by atoms with Crippen LogP contribution in [0.3, 0.4) is 0 Å². The van der Waals surface area contributed by atoms with Crippen molar-refractivity contribution in [3.05, 3.63) is 28.8 Å². The second kappa shape index (κ2) is 5.53. The van der Waals surface area contributed by atoms with Gasteiger partial charge in [-0.2, -0.15) is 5.26 Å². The summed E-state index contributed by atoms with van der Waals surface area (Å²) in [5, 5.41) is 29.7. The number of hydrogen-bond acceptors (Lipinski definition) is 4. The quantitative estimate of drug-likeness (QED) is 0.756. The lowest BCUT2D eigenvalue weighted by Gasteiger charge is -2.18. The molecule has 1 rings (SSSR count). The number of carboxylic acids is 1. The molecule has 1 aromatic rings. The first-order chi connectivity index (χ1) is 7.95. The number of carbonyl (C=O) groups is 1. The molecule has 0 heterocycles. The van der Waals surface area contributed by atoms with E-state index in [1.807, 2.05) is 6.07 Å². The Morgan fingerprint density at radius 2 is 2.24 bits per heavy atom. The summed E-state index contributed by atoms with van der Waals surface area (Å²) in [6.45, 7) is 1.37. The van der Waals surface area contributed by atoms with Gasteiger partial charge >= 0.3 is 5.97 Å². The van der Waals surface area contributed by atoms with E-state index in [0.29, 0.717) is 11.3 Å².